The molecule has 1 aliphatic rings. The highest BCUT2D eigenvalue weighted by molar-refractivity contribution is 6.00. The van der Waals surface area contributed by atoms with Gasteiger partial charge in [0.2, 0.25) is 11.8 Å². The number of para-hydroxylation sites is 1. The number of benzene rings is 2. The smallest absolute Gasteiger partial charge is 0.227 e. The molecule has 2 aromatic carbocycles. The lowest BCUT2D eigenvalue weighted by molar-refractivity contribution is -0.126. The Balaban J connectivity index is 1.64. The summed E-state index contributed by atoms with van der Waals surface area (Å²) in [6.07, 6.45) is 0.266. The summed E-state index contributed by atoms with van der Waals surface area (Å²) in [6, 6.07) is 19.3. The van der Waals surface area contributed by atoms with Gasteiger partial charge in [-0.2, -0.15) is 0 Å². The van der Waals surface area contributed by atoms with Crippen LogP contribution in [0.1, 0.15) is 24.9 Å². The van der Waals surface area contributed by atoms with Crippen LogP contribution in [0.5, 0.6) is 0 Å². The number of hydrogen-bond acceptors (Lipinski definition) is 2. The van der Waals surface area contributed by atoms with E-state index in [0.29, 0.717) is 6.54 Å². The van der Waals surface area contributed by atoms with Crippen LogP contribution in [0.4, 0.5) is 5.69 Å². The van der Waals surface area contributed by atoms with E-state index in [0.717, 1.165) is 11.3 Å². The molecule has 1 heterocycles. The number of carbonyl (C=O) groups excluding carboxylic acids is 2. The third-order valence-electron chi connectivity index (χ3n) is 4.22. The van der Waals surface area contributed by atoms with E-state index in [-0.39, 0.29) is 30.2 Å². The molecule has 2 aromatic rings. The van der Waals surface area contributed by atoms with E-state index in [2.05, 4.69) is 5.32 Å². The lowest BCUT2D eigenvalue weighted by Crippen LogP contribution is -2.34. The minimum atomic E-state index is -0.297. The van der Waals surface area contributed by atoms with Crippen molar-refractivity contribution in [2.24, 2.45) is 5.92 Å². The predicted molar refractivity (Wildman–Crippen MR) is 89.9 cm³/mol. The van der Waals surface area contributed by atoms with Gasteiger partial charge in [-0.3, -0.25) is 9.59 Å². The highest BCUT2D eigenvalue weighted by Crippen LogP contribution is 2.25. The van der Waals surface area contributed by atoms with Crippen LogP contribution in [-0.2, 0) is 9.59 Å². The fourth-order valence-electron chi connectivity index (χ4n) is 2.90. The summed E-state index contributed by atoms with van der Waals surface area (Å²) < 4.78 is 0. The van der Waals surface area contributed by atoms with E-state index >= 15 is 0 Å². The lowest BCUT2D eigenvalue weighted by atomic mass is 10.1. The summed E-state index contributed by atoms with van der Waals surface area (Å²) in [5, 5.41) is 3.01. The van der Waals surface area contributed by atoms with E-state index in [1.54, 1.807) is 4.90 Å². The van der Waals surface area contributed by atoms with Crippen molar-refractivity contribution in [1.29, 1.82) is 0 Å². The van der Waals surface area contributed by atoms with E-state index in [4.69, 9.17) is 0 Å². The highest BCUT2D eigenvalue weighted by Gasteiger charge is 2.35. The average Bonchev–Trinajstić information content (AvgIpc) is 2.98. The summed E-state index contributed by atoms with van der Waals surface area (Å²) in [4.78, 5) is 26.3. The second-order valence-corrected chi connectivity index (χ2v) is 5.88. The topological polar surface area (TPSA) is 49.4 Å². The molecule has 0 radical (unpaired) electrons. The van der Waals surface area contributed by atoms with Gasteiger partial charge in [-0.05, 0) is 24.6 Å². The Bertz CT molecular complexity index is 685. The van der Waals surface area contributed by atoms with Gasteiger partial charge in [0.15, 0.2) is 0 Å². The predicted octanol–water partition coefficient (Wildman–Crippen LogP) is 2.92. The van der Waals surface area contributed by atoms with Gasteiger partial charge in [-0.15, -0.1) is 0 Å². The maximum atomic E-state index is 12.5. The number of rotatable bonds is 4. The summed E-state index contributed by atoms with van der Waals surface area (Å²) in [5.41, 5.74) is 1.91. The number of anilines is 1. The van der Waals surface area contributed by atoms with Crippen molar-refractivity contribution in [3.05, 3.63) is 66.2 Å². The van der Waals surface area contributed by atoms with Crippen LogP contribution < -0.4 is 10.2 Å². The molecule has 0 aromatic heterocycles. The molecule has 0 spiro atoms. The molecule has 118 valence electrons. The first-order chi connectivity index (χ1) is 11.1. The quantitative estimate of drug-likeness (QED) is 0.944. The second kappa shape index (κ2) is 6.65. The molecule has 4 nitrogen and oxygen atoms in total. The van der Waals surface area contributed by atoms with Gasteiger partial charge in [-0.1, -0.05) is 48.5 Å². The fraction of sp³-hybridized carbons (Fsp3) is 0.263. The minimum absolute atomic E-state index is 0.00344. The molecule has 0 unspecified atom stereocenters. The Hall–Kier alpha value is -2.62. The molecular formula is C19H20N2O2. The van der Waals surface area contributed by atoms with Gasteiger partial charge in [0.1, 0.15) is 0 Å². The van der Waals surface area contributed by atoms with E-state index < -0.39 is 0 Å². The Morgan fingerprint density at radius 1 is 1.09 bits per heavy atom. The summed E-state index contributed by atoms with van der Waals surface area (Å²) in [7, 11) is 0. The van der Waals surface area contributed by atoms with Gasteiger partial charge in [0.25, 0.3) is 0 Å². The Morgan fingerprint density at radius 3 is 2.35 bits per heavy atom. The normalized spacial score (nSPS) is 18.7. The first kappa shape index (κ1) is 15.3. The third-order valence-corrected chi connectivity index (χ3v) is 4.22. The first-order valence-electron chi connectivity index (χ1n) is 7.86. The summed E-state index contributed by atoms with van der Waals surface area (Å²) in [5.74, 6) is -0.356. The van der Waals surface area contributed by atoms with Crippen molar-refractivity contribution in [3.8, 4) is 0 Å². The zero-order valence-corrected chi connectivity index (χ0v) is 13.1. The molecule has 0 bridgehead atoms. The number of amides is 2. The standard InChI is InChI=1S/C19H20N2O2/c1-14(15-8-4-2-5-9-15)20-19(23)16-12-18(22)21(13-16)17-10-6-3-7-11-17/h2-11,14,16H,12-13H2,1H3,(H,20,23)/t14-,16-/m1/s1. The number of nitrogens with zero attached hydrogens (tertiary/aromatic N) is 1. The van der Waals surface area contributed by atoms with Crippen LogP contribution in [0.2, 0.25) is 0 Å². The molecule has 1 saturated heterocycles. The molecular weight excluding hydrogens is 288 g/mol. The van der Waals surface area contributed by atoms with Crippen molar-refractivity contribution in [2.75, 3.05) is 11.4 Å². The minimum Gasteiger partial charge on any atom is -0.349 e. The summed E-state index contributed by atoms with van der Waals surface area (Å²) >= 11 is 0. The van der Waals surface area contributed by atoms with Gasteiger partial charge in [0, 0.05) is 18.7 Å². The average molecular weight is 308 g/mol. The molecule has 3 rings (SSSR count). The number of carbonyl (C=O) groups is 2. The molecule has 2 atom stereocenters. The van der Waals surface area contributed by atoms with E-state index in [1.807, 2.05) is 67.6 Å². The molecule has 4 heteroatoms. The number of hydrogen-bond donors (Lipinski definition) is 1. The Morgan fingerprint density at radius 2 is 1.70 bits per heavy atom. The zero-order valence-electron chi connectivity index (χ0n) is 13.1. The highest BCUT2D eigenvalue weighted by atomic mass is 16.2. The molecule has 1 aliphatic heterocycles. The molecule has 0 aliphatic carbocycles. The van der Waals surface area contributed by atoms with Crippen molar-refractivity contribution in [2.45, 2.75) is 19.4 Å². The van der Waals surface area contributed by atoms with Crippen LogP contribution in [0.3, 0.4) is 0 Å². The van der Waals surface area contributed by atoms with Crippen LogP contribution in [0, 0.1) is 5.92 Å². The van der Waals surface area contributed by atoms with E-state index in [9.17, 15) is 9.59 Å². The first-order valence-corrected chi connectivity index (χ1v) is 7.86. The van der Waals surface area contributed by atoms with Crippen molar-refractivity contribution in [1.82, 2.24) is 5.32 Å². The SMILES string of the molecule is C[C@@H](NC(=O)[C@@H]1CC(=O)N(c2ccccc2)C1)c1ccccc1. The molecule has 1 N–H and O–H groups in total. The van der Waals surface area contributed by atoms with Gasteiger partial charge in [0.05, 0.1) is 12.0 Å². The third kappa shape index (κ3) is 3.42. The van der Waals surface area contributed by atoms with Crippen molar-refractivity contribution in [3.63, 3.8) is 0 Å². The van der Waals surface area contributed by atoms with E-state index in [1.165, 1.54) is 0 Å². The van der Waals surface area contributed by atoms with Gasteiger partial charge < -0.3 is 10.2 Å². The fourth-order valence-corrected chi connectivity index (χ4v) is 2.90. The van der Waals surface area contributed by atoms with Gasteiger partial charge >= 0.3 is 0 Å². The van der Waals surface area contributed by atoms with Gasteiger partial charge in [-0.25, -0.2) is 0 Å². The molecule has 1 fully saturated rings. The second-order valence-electron chi connectivity index (χ2n) is 5.88. The van der Waals surface area contributed by atoms with Crippen molar-refractivity contribution >= 4 is 17.5 Å². The van der Waals surface area contributed by atoms with Crippen LogP contribution >= 0.6 is 0 Å². The Labute approximate surface area is 136 Å². The number of nitrogens with one attached hydrogen (secondary N) is 1. The lowest BCUT2D eigenvalue weighted by Gasteiger charge is -2.18. The van der Waals surface area contributed by atoms with Crippen LogP contribution in [0.25, 0.3) is 0 Å². The molecule has 23 heavy (non-hydrogen) atoms. The van der Waals surface area contributed by atoms with Crippen LogP contribution in [-0.4, -0.2) is 18.4 Å². The largest absolute Gasteiger partial charge is 0.349 e. The maximum absolute atomic E-state index is 12.5. The Kier molecular flexibility index (Phi) is 4.42. The summed E-state index contributed by atoms with van der Waals surface area (Å²) in [6.45, 7) is 2.40. The maximum Gasteiger partial charge on any atom is 0.227 e. The molecule has 0 saturated carbocycles. The van der Waals surface area contributed by atoms with Crippen LogP contribution in [0.15, 0.2) is 60.7 Å². The zero-order chi connectivity index (χ0) is 16.2. The monoisotopic (exact) mass is 308 g/mol. The molecule has 2 amide bonds. The van der Waals surface area contributed by atoms with Crippen molar-refractivity contribution < 1.29 is 9.59 Å².